The smallest absolute Gasteiger partial charge is 0.234 e. The van der Waals surface area contributed by atoms with E-state index in [-0.39, 0.29) is 23.3 Å². The number of nitrogens with one attached hydrogen (secondary N) is 2. The average molecular weight is 715 g/mol. The molecule has 0 aliphatic heterocycles. The number of carbonyl (C=O) groups excluding carboxylic acids is 2. The molecule has 0 aliphatic carbocycles. The lowest BCUT2D eigenvalue weighted by Crippen LogP contribution is -2.15. The molecule has 7 rings (SSSR count). The molecule has 0 unspecified atom stereocenters. The Morgan fingerprint density at radius 1 is 0.760 bits per heavy atom. The topological polar surface area (TPSA) is 102 Å². The van der Waals surface area contributed by atoms with Crippen LogP contribution in [0.2, 0.25) is 0 Å². The molecule has 8 nitrogen and oxygen atoms in total. The van der Waals surface area contributed by atoms with Crippen LogP contribution in [0.4, 0.5) is 11.4 Å². The van der Waals surface area contributed by atoms with E-state index >= 15 is 0 Å². The molecule has 0 saturated carbocycles. The van der Waals surface area contributed by atoms with Gasteiger partial charge in [-0.3, -0.25) is 14.2 Å². The quantitative estimate of drug-likeness (QED) is 0.129. The maximum atomic E-state index is 13.2. The Bertz CT molecular complexity index is 2320. The third kappa shape index (κ3) is 7.60. The minimum absolute atomic E-state index is 0.0708. The zero-order chi connectivity index (χ0) is 34.6. The first kappa shape index (κ1) is 33.5. The Hall–Kier alpha value is -4.97. The number of aromatic nitrogens is 4. The fraction of sp³-hybridized carbons (Fsp3) is 0.154. The molecule has 0 spiro atoms. The van der Waals surface area contributed by atoms with E-state index in [1.54, 1.807) is 0 Å². The number of carbonyl (C=O) groups is 2. The van der Waals surface area contributed by atoms with Crippen LogP contribution < -0.4 is 10.6 Å². The van der Waals surface area contributed by atoms with Gasteiger partial charge in [-0.05, 0) is 78.6 Å². The monoisotopic (exact) mass is 714 g/mol. The van der Waals surface area contributed by atoms with Gasteiger partial charge in [-0.15, -0.1) is 21.5 Å². The molecule has 2 N–H and O–H groups in total. The van der Waals surface area contributed by atoms with Crippen molar-refractivity contribution in [1.29, 1.82) is 0 Å². The van der Waals surface area contributed by atoms with Crippen molar-refractivity contribution in [3.63, 3.8) is 0 Å². The second kappa shape index (κ2) is 14.9. The van der Waals surface area contributed by atoms with E-state index in [4.69, 9.17) is 0 Å². The summed E-state index contributed by atoms with van der Waals surface area (Å²) in [6.45, 7) is 6.06. The number of anilines is 2. The molecule has 250 valence electrons. The van der Waals surface area contributed by atoms with Crippen molar-refractivity contribution in [3.8, 4) is 5.69 Å². The molecule has 2 amide bonds. The SMILES string of the molecule is Cc1cc(C)c(NC(=O)CSc2nc3ccc(NC(=O)CSc4nnc(Cc5cccc6ccccc56)n4-c4ccccc4)cc3s2)c(C)c1. The van der Waals surface area contributed by atoms with Crippen molar-refractivity contribution < 1.29 is 9.59 Å². The zero-order valence-electron chi connectivity index (χ0n) is 27.8. The van der Waals surface area contributed by atoms with Gasteiger partial charge < -0.3 is 10.6 Å². The van der Waals surface area contributed by atoms with Crippen LogP contribution in [0.5, 0.6) is 0 Å². The second-order valence-electron chi connectivity index (χ2n) is 12.0. The average Bonchev–Trinajstić information content (AvgIpc) is 3.71. The highest BCUT2D eigenvalue weighted by atomic mass is 32.2. The molecule has 2 heterocycles. The molecule has 0 fully saturated rings. The number of fused-ring (bicyclic) bond motifs is 2. The van der Waals surface area contributed by atoms with Crippen molar-refractivity contribution in [3.05, 3.63) is 131 Å². The van der Waals surface area contributed by atoms with Crippen molar-refractivity contribution in [2.45, 2.75) is 36.7 Å². The number of aryl methyl sites for hydroxylation is 3. The van der Waals surface area contributed by atoms with Crippen molar-refractivity contribution in [2.75, 3.05) is 22.1 Å². The van der Waals surface area contributed by atoms with Gasteiger partial charge in [0.25, 0.3) is 0 Å². The van der Waals surface area contributed by atoms with Gasteiger partial charge in [0.1, 0.15) is 5.82 Å². The number of nitrogens with zero attached hydrogens (tertiary/aromatic N) is 4. The summed E-state index contributed by atoms with van der Waals surface area (Å²) in [5.74, 6) is 1.00. The number of hydrogen-bond donors (Lipinski definition) is 2. The van der Waals surface area contributed by atoms with Crippen LogP contribution >= 0.6 is 34.9 Å². The Labute approximate surface area is 302 Å². The van der Waals surface area contributed by atoms with Crippen molar-refractivity contribution in [1.82, 2.24) is 19.7 Å². The number of rotatable bonds is 11. The Balaban J connectivity index is 0.999. The first-order chi connectivity index (χ1) is 24.3. The highest BCUT2D eigenvalue weighted by Gasteiger charge is 2.18. The molecule has 2 aromatic heterocycles. The van der Waals surface area contributed by atoms with E-state index in [2.05, 4.69) is 75.2 Å². The van der Waals surface area contributed by atoms with Gasteiger partial charge in [-0.2, -0.15) is 0 Å². The lowest BCUT2D eigenvalue weighted by molar-refractivity contribution is -0.114. The Kier molecular flexibility index (Phi) is 9.97. The number of hydrogen-bond acceptors (Lipinski definition) is 8. The fourth-order valence-electron chi connectivity index (χ4n) is 6.01. The lowest BCUT2D eigenvalue weighted by atomic mass is 10.0. The third-order valence-corrected chi connectivity index (χ3v) is 11.3. The Morgan fingerprint density at radius 2 is 1.48 bits per heavy atom. The first-order valence-electron chi connectivity index (χ1n) is 16.1. The summed E-state index contributed by atoms with van der Waals surface area (Å²) in [7, 11) is 0. The highest BCUT2D eigenvalue weighted by Crippen LogP contribution is 2.32. The predicted octanol–water partition coefficient (Wildman–Crippen LogP) is 9.01. The molecule has 0 atom stereocenters. The summed E-state index contributed by atoms with van der Waals surface area (Å²) < 4.78 is 3.77. The van der Waals surface area contributed by atoms with E-state index < -0.39 is 0 Å². The van der Waals surface area contributed by atoms with E-state index in [9.17, 15) is 9.59 Å². The van der Waals surface area contributed by atoms with Crippen LogP contribution in [0, 0.1) is 20.8 Å². The fourth-order valence-corrected chi connectivity index (χ4v) is 8.69. The van der Waals surface area contributed by atoms with Gasteiger partial charge in [-0.1, -0.05) is 102 Å². The standard InChI is InChI=1S/C39H34N6O2S3/c1-24-18-25(2)37(26(3)19-24)42-36(47)23-49-39-41-32-17-16-29(21-33(32)50-39)40-35(46)22-48-38-44-43-34(45(38)30-13-5-4-6-14-30)20-28-12-9-11-27-10-7-8-15-31(27)28/h4-19,21H,20,22-23H2,1-3H3,(H,40,46)(H,42,47). The van der Waals surface area contributed by atoms with Crippen molar-refractivity contribution in [2.24, 2.45) is 0 Å². The van der Waals surface area contributed by atoms with Crippen LogP contribution in [0.1, 0.15) is 28.1 Å². The lowest BCUT2D eigenvalue weighted by Gasteiger charge is -2.12. The number of para-hydroxylation sites is 1. The third-order valence-electron chi connectivity index (χ3n) is 8.20. The maximum Gasteiger partial charge on any atom is 0.234 e. The van der Waals surface area contributed by atoms with Crippen LogP contribution in [-0.2, 0) is 16.0 Å². The zero-order valence-corrected chi connectivity index (χ0v) is 30.2. The number of thioether (sulfide) groups is 2. The maximum absolute atomic E-state index is 13.2. The van der Waals surface area contributed by atoms with E-state index in [1.165, 1.54) is 51.2 Å². The van der Waals surface area contributed by atoms with Crippen LogP contribution in [0.3, 0.4) is 0 Å². The molecular weight excluding hydrogens is 681 g/mol. The van der Waals surface area contributed by atoms with Crippen LogP contribution in [0.15, 0.2) is 113 Å². The summed E-state index contributed by atoms with van der Waals surface area (Å²) >= 11 is 4.26. The van der Waals surface area contributed by atoms with Gasteiger partial charge in [0.2, 0.25) is 11.8 Å². The molecule has 50 heavy (non-hydrogen) atoms. The van der Waals surface area contributed by atoms with Gasteiger partial charge in [-0.25, -0.2) is 4.98 Å². The molecule has 0 bridgehead atoms. The van der Waals surface area contributed by atoms with Gasteiger partial charge in [0.05, 0.1) is 21.7 Å². The van der Waals surface area contributed by atoms with Crippen LogP contribution in [0.25, 0.3) is 26.7 Å². The van der Waals surface area contributed by atoms with Gasteiger partial charge in [0, 0.05) is 23.5 Å². The Morgan fingerprint density at radius 3 is 2.30 bits per heavy atom. The summed E-state index contributed by atoms with van der Waals surface area (Å²) in [5.41, 5.74) is 7.76. The summed E-state index contributed by atoms with van der Waals surface area (Å²) in [6, 6.07) is 34.4. The van der Waals surface area contributed by atoms with Gasteiger partial charge in [0.15, 0.2) is 9.50 Å². The molecule has 7 aromatic rings. The molecule has 0 aliphatic rings. The van der Waals surface area contributed by atoms with E-state index in [0.717, 1.165) is 48.4 Å². The van der Waals surface area contributed by atoms with Gasteiger partial charge >= 0.3 is 0 Å². The number of benzene rings is 5. The minimum Gasteiger partial charge on any atom is -0.325 e. The first-order valence-corrected chi connectivity index (χ1v) is 18.9. The molecule has 0 saturated heterocycles. The normalized spacial score (nSPS) is 11.3. The van der Waals surface area contributed by atoms with E-state index in [0.29, 0.717) is 17.3 Å². The largest absolute Gasteiger partial charge is 0.325 e. The molecule has 5 aromatic carbocycles. The summed E-state index contributed by atoms with van der Waals surface area (Å²) in [5, 5.41) is 18.2. The van der Waals surface area contributed by atoms with Crippen molar-refractivity contribution >= 4 is 79.0 Å². The van der Waals surface area contributed by atoms with E-state index in [1.807, 2.05) is 79.1 Å². The number of thiazole rings is 1. The van der Waals surface area contributed by atoms with Crippen LogP contribution in [-0.4, -0.2) is 43.1 Å². The highest BCUT2D eigenvalue weighted by molar-refractivity contribution is 8.01. The second-order valence-corrected chi connectivity index (χ2v) is 15.2. The molecule has 0 radical (unpaired) electrons. The minimum atomic E-state index is -0.148. The molecule has 11 heteroatoms. The molecular formula is C39H34N6O2S3. The summed E-state index contributed by atoms with van der Waals surface area (Å²) in [6.07, 6.45) is 0.599. The summed E-state index contributed by atoms with van der Waals surface area (Å²) in [4.78, 5) is 30.6. The number of amides is 2. The predicted molar refractivity (Wildman–Crippen MR) is 207 cm³/mol.